The summed E-state index contributed by atoms with van der Waals surface area (Å²) in [7, 11) is 0. The second-order valence-electron chi connectivity index (χ2n) is 10.2. The minimum Gasteiger partial charge on any atom is -0.324 e. The van der Waals surface area contributed by atoms with Crippen LogP contribution in [0.2, 0.25) is 0 Å². The monoisotopic (exact) mass is 608 g/mol. The molecule has 7 rings (SSSR count). The fourth-order valence-corrected chi connectivity index (χ4v) is 5.22. The Morgan fingerprint density at radius 3 is 2.41 bits per heavy atom. The Morgan fingerprint density at radius 2 is 1.61 bits per heavy atom. The lowest BCUT2D eigenvalue weighted by Crippen LogP contribution is -2.15. The van der Waals surface area contributed by atoms with Crippen LogP contribution in [0, 0.1) is 23.0 Å². The van der Waals surface area contributed by atoms with Gasteiger partial charge in [-0.2, -0.15) is 10.4 Å². The van der Waals surface area contributed by atoms with Crippen LogP contribution < -0.4 is 10.6 Å². The molecule has 0 unspecified atom stereocenters. The van der Waals surface area contributed by atoms with Crippen LogP contribution in [0.15, 0.2) is 122 Å². The molecule has 11 heteroatoms. The lowest BCUT2D eigenvalue weighted by molar-refractivity contribution is 0.101. The van der Waals surface area contributed by atoms with Gasteiger partial charge in [0.15, 0.2) is 0 Å². The number of nitrogens with one attached hydrogen (secondary N) is 2. The molecule has 4 aromatic heterocycles. The van der Waals surface area contributed by atoms with Gasteiger partial charge in [-0.05, 0) is 72.8 Å². The van der Waals surface area contributed by atoms with Crippen LogP contribution in [-0.2, 0) is 0 Å². The maximum absolute atomic E-state index is 14.2. The van der Waals surface area contributed by atoms with Crippen LogP contribution in [-0.4, -0.2) is 30.1 Å². The highest BCUT2D eigenvalue weighted by atomic mass is 19.1. The van der Waals surface area contributed by atoms with E-state index >= 15 is 0 Å². The quantitative estimate of drug-likeness (QED) is 0.195. The highest BCUT2D eigenvalue weighted by molar-refractivity contribution is 6.05. The van der Waals surface area contributed by atoms with E-state index in [0.29, 0.717) is 45.4 Å². The number of hydrogen-bond acceptors (Lipinski definition) is 6. The van der Waals surface area contributed by atoms with Gasteiger partial charge in [-0.15, -0.1) is 0 Å². The third-order valence-corrected chi connectivity index (χ3v) is 7.29. The number of hydrogen-bond donors (Lipinski definition) is 2. The van der Waals surface area contributed by atoms with Gasteiger partial charge in [-0.1, -0.05) is 24.3 Å². The molecular weight excluding hydrogens is 586 g/mol. The summed E-state index contributed by atoms with van der Waals surface area (Å²) in [5.41, 5.74) is 4.78. The Kier molecular flexibility index (Phi) is 7.20. The molecule has 0 saturated heterocycles. The topological polar surface area (TPSA) is 113 Å². The summed E-state index contributed by atoms with van der Waals surface area (Å²) < 4.78 is 32.1. The summed E-state index contributed by atoms with van der Waals surface area (Å²) in [4.78, 5) is 22.0. The third-order valence-electron chi connectivity index (χ3n) is 7.29. The minimum atomic E-state index is -0.954. The summed E-state index contributed by atoms with van der Waals surface area (Å²) in [6.45, 7) is 0. The molecule has 0 aliphatic heterocycles. The molecule has 0 fully saturated rings. The van der Waals surface area contributed by atoms with Crippen molar-refractivity contribution in [1.82, 2.24) is 24.1 Å². The molecule has 0 saturated carbocycles. The number of pyridine rings is 1. The third kappa shape index (κ3) is 5.31. The lowest BCUT2D eigenvalue weighted by Gasteiger charge is -2.11. The molecule has 0 aliphatic rings. The summed E-state index contributed by atoms with van der Waals surface area (Å²) in [5.74, 6) is -2.50. The number of aromatic nitrogens is 5. The first-order chi connectivity index (χ1) is 22.5. The molecule has 0 aliphatic carbocycles. The van der Waals surface area contributed by atoms with Gasteiger partial charge in [0.2, 0.25) is 5.95 Å². The summed E-state index contributed by atoms with van der Waals surface area (Å²) in [5, 5.41) is 20.4. The van der Waals surface area contributed by atoms with Crippen molar-refractivity contribution in [3.05, 3.63) is 145 Å². The van der Waals surface area contributed by atoms with Gasteiger partial charge < -0.3 is 15.2 Å². The molecule has 2 N–H and O–H groups in total. The zero-order valence-corrected chi connectivity index (χ0v) is 23.9. The Labute approximate surface area is 261 Å². The highest BCUT2D eigenvalue weighted by Gasteiger charge is 2.20. The Bertz CT molecular complexity index is 2270. The van der Waals surface area contributed by atoms with Crippen LogP contribution in [0.3, 0.4) is 0 Å². The van der Waals surface area contributed by atoms with Crippen LogP contribution >= 0.6 is 0 Å². The summed E-state index contributed by atoms with van der Waals surface area (Å²) >= 11 is 0. The molecule has 0 radical (unpaired) electrons. The second kappa shape index (κ2) is 11.8. The van der Waals surface area contributed by atoms with E-state index in [0.717, 1.165) is 23.3 Å². The van der Waals surface area contributed by atoms with Gasteiger partial charge >= 0.3 is 0 Å². The van der Waals surface area contributed by atoms with E-state index in [1.807, 2.05) is 71.7 Å². The normalized spacial score (nSPS) is 10.9. The van der Waals surface area contributed by atoms with Crippen molar-refractivity contribution >= 4 is 28.7 Å². The number of anilines is 3. The lowest BCUT2D eigenvalue weighted by atomic mass is 10.0. The molecule has 7 aromatic rings. The molecule has 3 aromatic carbocycles. The standard InChI is InChI=1S/C35H22F2N8O/c36-26-9-6-10-27(37)31(26)34(46)40-24-8-5-7-22(19-24)33-32(30-11-1-2-18-45(30)43-33)28-14-15-39-35(42-28)41-25-12-13-29(23(20-25)21-38)44-16-3-4-17-44/h1-20H,(H,40,46)(H,39,41,42). The van der Waals surface area contributed by atoms with Crippen molar-refractivity contribution in [2.45, 2.75) is 0 Å². The fraction of sp³-hybridized carbons (Fsp3) is 0. The number of carbonyl (C=O) groups is 1. The van der Waals surface area contributed by atoms with Crippen LogP contribution in [0.1, 0.15) is 15.9 Å². The zero-order valence-electron chi connectivity index (χ0n) is 23.9. The van der Waals surface area contributed by atoms with Crippen LogP contribution in [0.5, 0.6) is 0 Å². The average molecular weight is 609 g/mol. The number of rotatable bonds is 7. The maximum Gasteiger partial charge on any atom is 0.261 e. The van der Waals surface area contributed by atoms with Gasteiger partial charge in [-0.25, -0.2) is 23.3 Å². The number of fused-ring (bicyclic) bond motifs is 1. The first kappa shape index (κ1) is 28.1. The molecule has 46 heavy (non-hydrogen) atoms. The molecule has 0 spiro atoms. The summed E-state index contributed by atoms with van der Waals surface area (Å²) in [6, 6.07) is 29.0. The van der Waals surface area contributed by atoms with Gasteiger partial charge in [0.05, 0.1) is 28.0 Å². The van der Waals surface area contributed by atoms with E-state index in [-0.39, 0.29) is 0 Å². The van der Waals surface area contributed by atoms with Crippen molar-refractivity contribution in [3.63, 3.8) is 0 Å². The SMILES string of the molecule is N#Cc1cc(Nc2nccc(-c3c(-c4cccc(NC(=O)c5c(F)cccc5F)c4)nn4ccccc34)n2)ccc1-n1cccc1. The second-order valence-corrected chi connectivity index (χ2v) is 10.2. The molecule has 9 nitrogen and oxygen atoms in total. The van der Waals surface area contributed by atoms with E-state index < -0.39 is 23.1 Å². The van der Waals surface area contributed by atoms with Crippen LogP contribution in [0.4, 0.5) is 26.1 Å². The van der Waals surface area contributed by atoms with Gasteiger partial charge in [-0.3, -0.25) is 4.79 Å². The smallest absolute Gasteiger partial charge is 0.261 e. The van der Waals surface area contributed by atoms with Gasteiger partial charge in [0.1, 0.15) is 29.0 Å². The first-order valence-electron chi connectivity index (χ1n) is 14.1. The average Bonchev–Trinajstić information content (AvgIpc) is 3.74. The van der Waals surface area contributed by atoms with Crippen molar-refractivity contribution in [2.75, 3.05) is 10.6 Å². The Hall–Kier alpha value is -6.67. The number of nitriles is 1. The van der Waals surface area contributed by atoms with Crippen molar-refractivity contribution in [3.8, 4) is 34.3 Å². The summed E-state index contributed by atoms with van der Waals surface area (Å²) in [6.07, 6.45) is 7.18. The molecule has 0 atom stereocenters. The zero-order chi connectivity index (χ0) is 31.6. The highest BCUT2D eigenvalue weighted by Crippen LogP contribution is 2.35. The molecule has 4 heterocycles. The number of halogens is 2. The maximum atomic E-state index is 14.2. The van der Waals surface area contributed by atoms with Crippen molar-refractivity contribution < 1.29 is 13.6 Å². The van der Waals surface area contributed by atoms with Crippen LogP contribution in [0.25, 0.3) is 33.7 Å². The number of carbonyl (C=O) groups excluding carboxylic acids is 1. The first-order valence-corrected chi connectivity index (χ1v) is 14.1. The van der Waals surface area contributed by atoms with Gasteiger partial charge in [0, 0.05) is 41.7 Å². The van der Waals surface area contributed by atoms with E-state index in [9.17, 15) is 18.8 Å². The van der Waals surface area contributed by atoms with Crippen molar-refractivity contribution in [2.24, 2.45) is 0 Å². The number of nitrogens with zero attached hydrogens (tertiary/aromatic N) is 6. The number of benzene rings is 3. The minimum absolute atomic E-state index is 0.310. The molecular formula is C35H22F2N8O. The molecule has 222 valence electrons. The Morgan fingerprint density at radius 1 is 0.826 bits per heavy atom. The van der Waals surface area contributed by atoms with E-state index in [1.54, 1.807) is 41.0 Å². The van der Waals surface area contributed by atoms with E-state index in [2.05, 4.69) is 21.7 Å². The van der Waals surface area contributed by atoms with E-state index in [1.165, 1.54) is 6.07 Å². The molecule has 0 bridgehead atoms. The molecule has 1 amide bonds. The predicted octanol–water partition coefficient (Wildman–Crippen LogP) is 7.39. The Balaban J connectivity index is 1.24. The fourth-order valence-electron chi connectivity index (χ4n) is 5.22. The van der Waals surface area contributed by atoms with Gasteiger partial charge in [0.25, 0.3) is 5.91 Å². The largest absolute Gasteiger partial charge is 0.324 e. The predicted molar refractivity (Wildman–Crippen MR) is 170 cm³/mol. The van der Waals surface area contributed by atoms with E-state index in [4.69, 9.17) is 10.1 Å². The van der Waals surface area contributed by atoms with Crippen molar-refractivity contribution in [1.29, 1.82) is 5.26 Å². The number of amides is 1.